The van der Waals surface area contributed by atoms with E-state index in [0.29, 0.717) is 17.7 Å². The lowest BCUT2D eigenvalue weighted by Gasteiger charge is -2.15. The largest absolute Gasteiger partial charge is 0.351 e. The highest BCUT2D eigenvalue weighted by Crippen LogP contribution is 2.07. The van der Waals surface area contributed by atoms with Crippen LogP contribution in [-0.2, 0) is 9.53 Å². The number of methoxy groups -OCH3 is 1. The van der Waals surface area contributed by atoms with Gasteiger partial charge in [-0.3, -0.25) is 14.4 Å². The SMILES string of the molecule is CC/N=c1/ccc(NC(C)=O)cn1C(O)OC. The molecule has 17 heavy (non-hydrogen) atoms. The first-order valence-electron chi connectivity index (χ1n) is 5.29. The van der Waals surface area contributed by atoms with Gasteiger partial charge in [0.05, 0.1) is 5.69 Å². The van der Waals surface area contributed by atoms with E-state index in [-0.39, 0.29) is 5.91 Å². The number of ether oxygens (including phenoxy) is 1. The van der Waals surface area contributed by atoms with Crippen LogP contribution in [-0.4, -0.2) is 29.2 Å². The molecule has 0 bridgehead atoms. The highest BCUT2D eigenvalue weighted by atomic mass is 16.6. The molecule has 0 aliphatic carbocycles. The second kappa shape index (κ2) is 6.17. The van der Waals surface area contributed by atoms with E-state index >= 15 is 0 Å². The molecule has 0 spiro atoms. The maximum atomic E-state index is 10.9. The van der Waals surface area contributed by atoms with Gasteiger partial charge in [-0.2, -0.15) is 0 Å². The van der Waals surface area contributed by atoms with Crippen LogP contribution in [0.3, 0.4) is 0 Å². The molecular weight excluding hydrogens is 222 g/mol. The van der Waals surface area contributed by atoms with Gasteiger partial charge in [-0.25, -0.2) is 0 Å². The quantitative estimate of drug-likeness (QED) is 0.749. The normalized spacial score (nSPS) is 13.5. The molecule has 0 aliphatic rings. The number of anilines is 1. The molecule has 6 nitrogen and oxygen atoms in total. The number of carbonyl (C=O) groups is 1. The van der Waals surface area contributed by atoms with Crippen molar-refractivity contribution in [3.63, 3.8) is 0 Å². The van der Waals surface area contributed by atoms with Crippen LogP contribution >= 0.6 is 0 Å². The van der Waals surface area contributed by atoms with Gasteiger partial charge in [0.1, 0.15) is 5.49 Å². The minimum Gasteiger partial charge on any atom is -0.351 e. The summed E-state index contributed by atoms with van der Waals surface area (Å²) < 4.78 is 6.27. The lowest BCUT2D eigenvalue weighted by atomic mass is 10.4. The Labute approximate surface area is 99.6 Å². The van der Waals surface area contributed by atoms with Crippen molar-refractivity contribution < 1.29 is 14.6 Å². The summed E-state index contributed by atoms with van der Waals surface area (Å²) >= 11 is 0. The second-order valence-electron chi connectivity index (χ2n) is 3.40. The number of rotatable bonds is 4. The summed E-state index contributed by atoms with van der Waals surface area (Å²) in [6, 6.07) is 3.42. The van der Waals surface area contributed by atoms with E-state index < -0.39 is 6.41 Å². The summed E-state index contributed by atoms with van der Waals surface area (Å²) in [6.07, 6.45) is 0.443. The molecule has 0 radical (unpaired) electrons. The van der Waals surface area contributed by atoms with Crippen LogP contribution in [0.2, 0.25) is 0 Å². The fourth-order valence-corrected chi connectivity index (χ4v) is 1.37. The molecule has 1 atom stereocenters. The van der Waals surface area contributed by atoms with Gasteiger partial charge < -0.3 is 15.2 Å². The Hall–Kier alpha value is -1.66. The van der Waals surface area contributed by atoms with Gasteiger partial charge in [0.25, 0.3) is 0 Å². The summed E-state index contributed by atoms with van der Waals surface area (Å²) in [5, 5.41) is 12.3. The predicted molar refractivity (Wildman–Crippen MR) is 63.1 cm³/mol. The molecule has 6 heteroatoms. The van der Waals surface area contributed by atoms with E-state index in [2.05, 4.69) is 10.3 Å². The fraction of sp³-hybridized carbons (Fsp3) is 0.455. The maximum Gasteiger partial charge on any atom is 0.242 e. The van der Waals surface area contributed by atoms with Crippen LogP contribution in [0.1, 0.15) is 20.3 Å². The first-order chi connectivity index (χ1) is 8.08. The van der Waals surface area contributed by atoms with Crippen LogP contribution in [0, 0.1) is 0 Å². The molecule has 0 aromatic carbocycles. The second-order valence-corrected chi connectivity index (χ2v) is 3.40. The minimum absolute atomic E-state index is 0.177. The number of pyridine rings is 1. The maximum absolute atomic E-state index is 10.9. The van der Waals surface area contributed by atoms with Gasteiger partial charge in [-0.1, -0.05) is 0 Å². The molecule has 0 saturated heterocycles. The lowest BCUT2D eigenvalue weighted by Crippen LogP contribution is -2.26. The van der Waals surface area contributed by atoms with Crippen LogP contribution < -0.4 is 10.8 Å². The number of nitrogens with one attached hydrogen (secondary N) is 1. The van der Waals surface area contributed by atoms with Gasteiger partial charge in [-0.15, -0.1) is 0 Å². The molecule has 1 rings (SSSR count). The Morgan fingerprint density at radius 3 is 2.88 bits per heavy atom. The van der Waals surface area contributed by atoms with Gasteiger partial charge >= 0.3 is 0 Å². The zero-order valence-corrected chi connectivity index (χ0v) is 10.2. The van der Waals surface area contributed by atoms with E-state index in [1.807, 2.05) is 6.92 Å². The molecule has 0 saturated carbocycles. The van der Waals surface area contributed by atoms with Gasteiger partial charge in [0.2, 0.25) is 12.3 Å². The first kappa shape index (κ1) is 13.4. The van der Waals surface area contributed by atoms with Crippen LogP contribution in [0.5, 0.6) is 0 Å². The Bertz CT molecular complexity index is 454. The van der Waals surface area contributed by atoms with E-state index in [1.165, 1.54) is 18.6 Å². The monoisotopic (exact) mass is 239 g/mol. The number of amides is 1. The smallest absolute Gasteiger partial charge is 0.242 e. The van der Waals surface area contributed by atoms with Gasteiger partial charge in [-0.05, 0) is 19.1 Å². The van der Waals surface area contributed by atoms with Crippen molar-refractivity contribution in [3.8, 4) is 0 Å². The minimum atomic E-state index is -1.13. The molecule has 0 fully saturated rings. The zero-order chi connectivity index (χ0) is 12.8. The molecule has 1 unspecified atom stereocenters. The number of aromatic nitrogens is 1. The molecule has 1 aromatic rings. The van der Waals surface area contributed by atoms with Crippen LogP contribution in [0.4, 0.5) is 5.69 Å². The third-order valence-corrected chi connectivity index (χ3v) is 2.04. The zero-order valence-electron chi connectivity index (χ0n) is 10.2. The highest BCUT2D eigenvalue weighted by molar-refractivity contribution is 5.88. The Morgan fingerprint density at radius 1 is 1.65 bits per heavy atom. The number of carbonyl (C=O) groups excluding carboxylic acids is 1. The average molecular weight is 239 g/mol. The highest BCUT2D eigenvalue weighted by Gasteiger charge is 2.06. The van der Waals surface area contributed by atoms with Crippen molar-refractivity contribution in [2.24, 2.45) is 4.99 Å². The van der Waals surface area contributed by atoms with Gasteiger partial charge in [0, 0.05) is 26.8 Å². The van der Waals surface area contributed by atoms with Crippen molar-refractivity contribution in [1.29, 1.82) is 0 Å². The number of hydrogen-bond acceptors (Lipinski definition) is 4. The first-order valence-corrected chi connectivity index (χ1v) is 5.29. The third-order valence-electron chi connectivity index (χ3n) is 2.04. The van der Waals surface area contributed by atoms with Crippen LogP contribution in [0.25, 0.3) is 0 Å². The predicted octanol–water partition coefficient (Wildman–Crippen LogP) is 0.462. The van der Waals surface area contributed by atoms with Crippen molar-refractivity contribution in [2.75, 3.05) is 19.0 Å². The van der Waals surface area contributed by atoms with E-state index in [4.69, 9.17) is 4.74 Å². The van der Waals surface area contributed by atoms with E-state index in [1.54, 1.807) is 18.3 Å². The van der Waals surface area contributed by atoms with E-state index in [0.717, 1.165) is 0 Å². The Morgan fingerprint density at radius 2 is 2.35 bits per heavy atom. The number of nitrogens with zero attached hydrogens (tertiary/aromatic N) is 2. The molecule has 2 N–H and O–H groups in total. The molecule has 0 aliphatic heterocycles. The Balaban J connectivity index is 3.19. The van der Waals surface area contributed by atoms with Crippen molar-refractivity contribution in [1.82, 2.24) is 4.57 Å². The summed E-state index contributed by atoms with van der Waals surface area (Å²) in [5.41, 5.74) is 1.15. The van der Waals surface area contributed by atoms with Crippen molar-refractivity contribution in [2.45, 2.75) is 20.3 Å². The van der Waals surface area contributed by atoms with Crippen molar-refractivity contribution in [3.05, 3.63) is 23.8 Å². The van der Waals surface area contributed by atoms with Crippen molar-refractivity contribution >= 4 is 11.6 Å². The third kappa shape index (κ3) is 3.69. The number of hydrogen-bond donors (Lipinski definition) is 2. The molecule has 94 valence electrons. The van der Waals surface area contributed by atoms with E-state index in [9.17, 15) is 9.90 Å². The summed E-state index contributed by atoms with van der Waals surface area (Å²) in [5.74, 6) is -0.177. The number of aliphatic hydroxyl groups is 1. The van der Waals surface area contributed by atoms with Gasteiger partial charge in [0.15, 0.2) is 0 Å². The lowest BCUT2D eigenvalue weighted by molar-refractivity contribution is -0.133. The molecule has 1 heterocycles. The standard InChI is InChI=1S/C11H17N3O3/c1-4-12-10-6-5-9(13-8(2)15)7-14(10)11(16)17-3/h5-7,11,16H,4H2,1-3H3,(H,13,15)/b12-10-. The topological polar surface area (TPSA) is 75.9 Å². The fourth-order valence-electron chi connectivity index (χ4n) is 1.37. The summed E-state index contributed by atoms with van der Waals surface area (Å²) in [7, 11) is 1.39. The molecule has 1 aromatic heterocycles. The average Bonchev–Trinajstić information content (AvgIpc) is 2.29. The molecule has 1 amide bonds. The molecular formula is C11H17N3O3. The summed E-state index contributed by atoms with van der Waals surface area (Å²) in [6.45, 7) is 3.91. The van der Waals surface area contributed by atoms with Crippen LogP contribution in [0.15, 0.2) is 23.3 Å². The summed E-state index contributed by atoms with van der Waals surface area (Å²) in [4.78, 5) is 15.1. The number of aliphatic hydroxyl groups excluding tert-OH is 1. The Kier molecular flexibility index (Phi) is 4.86.